The molecule has 4 N–H and O–H groups in total. The number of rotatable bonds is 7. The van der Waals surface area contributed by atoms with E-state index in [9.17, 15) is 9.18 Å². The molecule has 0 spiro atoms. The zero-order valence-corrected chi connectivity index (χ0v) is 14.7. The molecule has 24 heavy (non-hydrogen) atoms. The van der Waals surface area contributed by atoms with Gasteiger partial charge in [0.15, 0.2) is 0 Å². The van der Waals surface area contributed by atoms with Crippen molar-refractivity contribution in [1.29, 1.82) is 0 Å². The third kappa shape index (κ3) is 5.50. The Labute approximate surface area is 150 Å². The summed E-state index contributed by atoms with van der Waals surface area (Å²) in [5.41, 5.74) is 0.556. The van der Waals surface area contributed by atoms with E-state index in [2.05, 4.69) is 41.8 Å². The summed E-state index contributed by atoms with van der Waals surface area (Å²) < 4.78 is 13.8. The summed E-state index contributed by atoms with van der Waals surface area (Å²) >= 11 is 9.07. The lowest BCUT2D eigenvalue weighted by atomic mass is 10.3. The minimum Gasteiger partial charge on any atom is -0.465 e. The third-order valence-electron chi connectivity index (χ3n) is 2.84. The topological polar surface area (TPSA) is 99.2 Å². The third-order valence-corrected chi connectivity index (χ3v) is 3.71. The summed E-state index contributed by atoms with van der Waals surface area (Å²) in [7, 11) is 0. The molecule has 1 amide bonds. The molecular formula is C14H14BrClFN5O2. The molecule has 0 saturated heterocycles. The number of hydrogen-bond donors (Lipinski definition) is 4. The smallest absolute Gasteiger partial charge is 0.404 e. The van der Waals surface area contributed by atoms with E-state index in [4.69, 9.17) is 16.7 Å². The highest BCUT2D eigenvalue weighted by Crippen LogP contribution is 2.24. The van der Waals surface area contributed by atoms with E-state index < -0.39 is 11.9 Å². The van der Waals surface area contributed by atoms with Gasteiger partial charge in [-0.3, -0.25) is 0 Å². The molecule has 128 valence electrons. The molecule has 0 aliphatic rings. The number of amides is 1. The van der Waals surface area contributed by atoms with Gasteiger partial charge in [-0.05, 0) is 40.5 Å². The largest absolute Gasteiger partial charge is 0.465 e. The molecule has 0 aliphatic carbocycles. The Balaban J connectivity index is 1.97. The van der Waals surface area contributed by atoms with Crippen LogP contribution in [0.5, 0.6) is 0 Å². The number of anilines is 3. The summed E-state index contributed by atoms with van der Waals surface area (Å²) in [6, 6.07) is 4.21. The fraction of sp³-hybridized carbons (Fsp3) is 0.214. The van der Waals surface area contributed by atoms with Gasteiger partial charge in [0.2, 0.25) is 5.95 Å². The number of aromatic nitrogens is 2. The van der Waals surface area contributed by atoms with Crippen LogP contribution in [0.2, 0.25) is 5.02 Å². The number of carbonyl (C=O) groups is 1. The Hall–Kier alpha value is -2.13. The Morgan fingerprint density at radius 3 is 2.88 bits per heavy atom. The number of halogens is 3. The molecule has 0 saturated carbocycles. The Morgan fingerprint density at radius 2 is 2.17 bits per heavy atom. The van der Waals surface area contributed by atoms with Gasteiger partial charge >= 0.3 is 6.09 Å². The van der Waals surface area contributed by atoms with Crippen LogP contribution < -0.4 is 16.0 Å². The van der Waals surface area contributed by atoms with Crippen molar-refractivity contribution in [1.82, 2.24) is 15.3 Å². The van der Waals surface area contributed by atoms with Crippen molar-refractivity contribution in [3.05, 3.63) is 39.7 Å². The molecule has 1 aromatic carbocycles. The molecule has 1 heterocycles. The van der Waals surface area contributed by atoms with Crippen LogP contribution in [0.1, 0.15) is 6.42 Å². The van der Waals surface area contributed by atoms with Gasteiger partial charge < -0.3 is 21.1 Å². The van der Waals surface area contributed by atoms with Gasteiger partial charge in [0.05, 0.1) is 9.50 Å². The van der Waals surface area contributed by atoms with E-state index in [-0.39, 0.29) is 5.02 Å². The van der Waals surface area contributed by atoms with Gasteiger partial charge in [-0.15, -0.1) is 0 Å². The molecular weight excluding hydrogens is 405 g/mol. The first-order chi connectivity index (χ1) is 11.5. The minimum absolute atomic E-state index is 0.00129. The van der Waals surface area contributed by atoms with E-state index in [1.165, 1.54) is 18.2 Å². The number of benzene rings is 1. The molecule has 0 atom stereocenters. The van der Waals surface area contributed by atoms with Gasteiger partial charge in [-0.1, -0.05) is 11.6 Å². The summed E-state index contributed by atoms with van der Waals surface area (Å²) in [6.45, 7) is 0.863. The Kier molecular flexibility index (Phi) is 6.56. The molecule has 10 heteroatoms. The number of nitrogens with one attached hydrogen (secondary N) is 3. The maximum Gasteiger partial charge on any atom is 0.404 e. The fourth-order valence-electron chi connectivity index (χ4n) is 1.74. The van der Waals surface area contributed by atoms with Gasteiger partial charge in [0, 0.05) is 25.0 Å². The summed E-state index contributed by atoms with van der Waals surface area (Å²) in [5.74, 6) is 0.360. The molecule has 0 unspecified atom stereocenters. The number of nitrogens with zero attached hydrogens (tertiary/aromatic N) is 2. The van der Waals surface area contributed by atoms with Crippen molar-refractivity contribution in [2.24, 2.45) is 0 Å². The minimum atomic E-state index is -1.05. The maximum atomic E-state index is 13.2. The molecule has 1 aromatic heterocycles. The molecule has 0 radical (unpaired) electrons. The lowest BCUT2D eigenvalue weighted by Gasteiger charge is -2.10. The second-order valence-corrected chi connectivity index (χ2v) is 5.92. The first-order valence-electron chi connectivity index (χ1n) is 6.91. The predicted octanol–water partition coefficient (Wildman–Crippen LogP) is 3.84. The second kappa shape index (κ2) is 8.65. The van der Waals surface area contributed by atoms with Crippen LogP contribution in [0.25, 0.3) is 0 Å². The molecule has 2 aromatic rings. The van der Waals surface area contributed by atoms with E-state index >= 15 is 0 Å². The fourth-order valence-corrected chi connectivity index (χ4v) is 2.26. The lowest BCUT2D eigenvalue weighted by molar-refractivity contribution is 0.194. The monoisotopic (exact) mass is 417 g/mol. The summed E-state index contributed by atoms with van der Waals surface area (Å²) in [5, 5.41) is 16.8. The highest BCUT2D eigenvalue weighted by Gasteiger charge is 2.07. The average Bonchev–Trinajstić information content (AvgIpc) is 2.53. The second-order valence-electron chi connectivity index (χ2n) is 4.66. The van der Waals surface area contributed by atoms with Gasteiger partial charge in [0.25, 0.3) is 0 Å². The van der Waals surface area contributed by atoms with Gasteiger partial charge in [-0.25, -0.2) is 14.2 Å². The van der Waals surface area contributed by atoms with Crippen molar-refractivity contribution < 1.29 is 14.3 Å². The van der Waals surface area contributed by atoms with Gasteiger partial charge in [0.1, 0.15) is 11.6 Å². The Morgan fingerprint density at radius 1 is 1.38 bits per heavy atom. The average molecular weight is 419 g/mol. The molecule has 0 fully saturated rings. The summed E-state index contributed by atoms with van der Waals surface area (Å²) in [4.78, 5) is 18.8. The zero-order chi connectivity index (χ0) is 17.5. The van der Waals surface area contributed by atoms with Crippen LogP contribution in [0.15, 0.2) is 28.9 Å². The van der Waals surface area contributed by atoms with Crippen LogP contribution in [0.3, 0.4) is 0 Å². The van der Waals surface area contributed by atoms with Crippen LogP contribution >= 0.6 is 27.5 Å². The van der Waals surface area contributed by atoms with E-state index in [0.29, 0.717) is 41.4 Å². The van der Waals surface area contributed by atoms with E-state index in [0.717, 1.165) is 0 Å². The van der Waals surface area contributed by atoms with Crippen LogP contribution in [-0.2, 0) is 0 Å². The van der Waals surface area contributed by atoms with Crippen LogP contribution in [-0.4, -0.2) is 34.3 Å². The van der Waals surface area contributed by atoms with E-state index in [1.54, 1.807) is 6.20 Å². The van der Waals surface area contributed by atoms with Crippen LogP contribution in [0, 0.1) is 5.82 Å². The highest BCUT2D eigenvalue weighted by molar-refractivity contribution is 9.10. The first-order valence-corrected chi connectivity index (χ1v) is 8.08. The van der Waals surface area contributed by atoms with Crippen molar-refractivity contribution in [2.75, 3.05) is 23.7 Å². The normalized spacial score (nSPS) is 10.3. The molecule has 0 bridgehead atoms. The predicted molar refractivity (Wildman–Crippen MR) is 93.6 cm³/mol. The SMILES string of the molecule is O=C(O)NCCCNc1nc(Nc2ccc(F)c(Cl)c2)ncc1Br. The lowest BCUT2D eigenvalue weighted by Crippen LogP contribution is -2.23. The number of carboxylic acid groups (broad SMARTS) is 1. The maximum absolute atomic E-state index is 13.2. The number of hydrogen-bond acceptors (Lipinski definition) is 5. The zero-order valence-electron chi connectivity index (χ0n) is 12.3. The van der Waals surface area contributed by atoms with E-state index in [1.807, 2.05) is 0 Å². The first kappa shape index (κ1) is 18.2. The van der Waals surface area contributed by atoms with Crippen LogP contribution in [0.4, 0.5) is 26.6 Å². The van der Waals surface area contributed by atoms with Gasteiger partial charge in [-0.2, -0.15) is 4.98 Å². The molecule has 0 aliphatic heterocycles. The standard InChI is InChI=1S/C14H14BrClFN5O2/c15-9-7-20-13(21-8-2-3-11(17)10(16)6-8)22-12(9)18-4-1-5-19-14(23)24/h2-3,6-7,19H,1,4-5H2,(H,23,24)(H2,18,20,21,22). The molecule has 2 rings (SSSR count). The van der Waals surface area contributed by atoms with Crippen molar-refractivity contribution in [3.63, 3.8) is 0 Å². The molecule has 7 nitrogen and oxygen atoms in total. The Bertz CT molecular complexity index is 734. The summed E-state index contributed by atoms with van der Waals surface area (Å²) in [6.07, 6.45) is 1.11. The van der Waals surface area contributed by atoms with Crippen molar-refractivity contribution in [3.8, 4) is 0 Å². The van der Waals surface area contributed by atoms with Crippen molar-refractivity contribution >= 4 is 51.1 Å². The highest BCUT2D eigenvalue weighted by atomic mass is 79.9. The van der Waals surface area contributed by atoms with Crippen molar-refractivity contribution in [2.45, 2.75) is 6.42 Å². The quantitative estimate of drug-likeness (QED) is 0.510.